The third kappa shape index (κ3) is 5.70. The number of alkyl halides is 3. The maximum Gasteiger partial charge on any atom is 0.416 e. The molecule has 0 aliphatic carbocycles. The zero-order valence-corrected chi connectivity index (χ0v) is 16.3. The largest absolute Gasteiger partial charge is 0.455 e. The van der Waals surface area contributed by atoms with E-state index in [1.54, 1.807) is 0 Å². The number of furan rings is 1. The molecule has 1 aromatic heterocycles. The zero-order valence-electron chi connectivity index (χ0n) is 15.5. The van der Waals surface area contributed by atoms with Crippen LogP contribution in [0.1, 0.15) is 16.9 Å². The number of carbonyl (C=O) groups excluding carboxylic acids is 1. The van der Waals surface area contributed by atoms with Crippen molar-refractivity contribution in [3.63, 3.8) is 0 Å². The van der Waals surface area contributed by atoms with Crippen LogP contribution in [0.25, 0.3) is 11.3 Å². The van der Waals surface area contributed by atoms with Gasteiger partial charge in [0.15, 0.2) is 0 Å². The Morgan fingerprint density at radius 2 is 1.97 bits per heavy atom. The molecule has 11 heteroatoms. The van der Waals surface area contributed by atoms with E-state index < -0.39 is 22.6 Å². The Morgan fingerprint density at radius 1 is 1.19 bits per heavy atom. The number of hydrogen-bond acceptors (Lipinski definition) is 5. The minimum Gasteiger partial charge on any atom is -0.455 e. The van der Waals surface area contributed by atoms with Gasteiger partial charge in [0.25, 0.3) is 5.69 Å². The van der Waals surface area contributed by atoms with Crippen LogP contribution >= 0.6 is 11.6 Å². The Bertz CT molecular complexity index is 1160. The van der Waals surface area contributed by atoms with Gasteiger partial charge in [-0.25, -0.2) is 5.43 Å². The summed E-state index contributed by atoms with van der Waals surface area (Å²) in [5.74, 6) is -0.241. The van der Waals surface area contributed by atoms with Crippen molar-refractivity contribution < 1.29 is 27.3 Å². The van der Waals surface area contributed by atoms with Crippen LogP contribution in [0, 0.1) is 10.1 Å². The van der Waals surface area contributed by atoms with Crippen molar-refractivity contribution >= 4 is 29.4 Å². The van der Waals surface area contributed by atoms with Gasteiger partial charge in [-0.05, 0) is 35.9 Å². The molecule has 0 saturated carbocycles. The molecule has 7 nitrogen and oxygen atoms in total. The summed E-state index contributed by atoms with van der Waals surface area (Å²) in [5.41, 5.74) is 1.49. The van der Waals surface area contributed by atoms with Crippen LogP contribution in [-0.2, 0) is 17.4 Å². The van der Waals surface area contributed by atoms with Gasteiger partial charge in [0.2, 0.25) is 5.91 Å². The molecule has 1 N–H and O–H groups in total. The average molecular weight is 452 g/mol. The van der Waals surface area contributed by atoms with E-state index >= 15 is 0 Å². The van der Waals surface area contributed by atoms with Crippen LogP contribution in [0.4, 0.5) is 18.9 Å². The van der Waals surface area contributed by atoms with E-state index in [0.29, 0.717) is 0 Å². The lowest BCUT2D eigenvalue weighted by Crippen LogP contribution is -2.20. The van der Waals surface area contributed by atoms with E-state index in [-0.39, 0.29) is 39.8 Å². The van der Waals surface area contributed by atoms with Crippen LogP contribution < -0.4 is 5.43 Å². The first-order chi connectivity index (χ1) is 14.6. The second-order valence-corrected chi connectivity index (χ2v) is 6.73. The molecule has 0 atom stereocenters. The standard InChI is InChI=1S/C20H13ClF3N3O4/c21-14-4-6-16(17(10-14)27(29)30)18-7-5-15(31-18)11-25-26-19(28)9-12-2-1-3-13(8-12)20(22,23)24/h1-8,10-11H,9H2,(H,26,28)/b25-11-. The number of benzene rings is 2. The molecule has 0 aliphatic rings. The number of halogens is 4. The van der Waals surface area contributed by atoms with E-state index in [1.165, 1.54) is 42.5 Å². The molecule has 31 heavy (non-hydrogen) atoms. The number of amides is 1. The number of nitro groups is 1. The van der Waals surface area contributed by atoms with Gasteiger partial charge in [0, 0.05) is 11.1 Å². The first kappa shape index (κ1) is 22.0. The summed E-state index contributed by atoms with van der Waals surface area (Å²) in [6.07, 6.45) is -3.64. The van der Waals surface area contributed by atoms with Gasteiger partial charge < -0.3 is 4.42 Å². The van der Waals surface area contributed by atoms with Crippen molar-refractivity contribution in [2.45, 2.75) is 12.6 Å². The van der Waals surface area contributed by atoms with Crippen LogP contribution in [0.15, 0.2) is 64.1 Å². The molecular formula is C20H13ClF3N3O4. The summed E-state index contributed by atoms with van der Waals surface area (Å²) in [4.78, 5) is 22.5. The molecular weight excluding hydrogens is 439 g/mol. The molecule has 0 radical (unpaired) electrons. The van der Waals surface area contributed by atoms with Gasteiger partial charge >= 0.3 is 6.18 Å². The molecule has 2 aromatic carbocycles. The second kappa shape index (κ2) is 9.00. The number of nitrogens with one attached hydrogen (secondary N) is 1. The molecule has 160 valence electrons. The van der Waals surface area contributed by atoms with E-state index in [2.05, 4.69) is 10.5 Å². The van der Waals surface area contributed by atoms with E-state index in [1.807, 2.05) is 0 Å². The molecule has 0 saturated heterocycles. The summed E-state index contributed by atoms with van der Waals surface area (Å²) in [6.45, 7) is 0. The third-order valence-corrected chi connectivity index (χ3v) is 4.28. The van der Waals surface area contributed by atoms with Crippen LogP contribution in [0.5, 0.6) is 0 Å². The third-order valence-electron chi connectivity index (χ3n) is 4.05. The summed E-state index contributed by atoms with van der Waals surface area (Å²) in [7, 11) is 0. The van der Waals surface area contributed by atoms with Crippen molar-refractivity contribution in [2.75, 3.05) is 0 Å². The Hall–Kier alpha value is -3.66. The molecule has 1 amide bonds. The maximum absolute atomic E-state index is 12.7. The van der Waals surface area contributed by atoms with Crippen LogP contribution in [-0.4, -0.2) is 17.0 Å². The minimum atomic E-state index is -4.50. The highest BCUT2D eigenvalue weighted by atomic mass is 35.5. The molecule has 1 heterocycles. The van der Waals surface area contributed by atoms with Crippen LogP contribution in [0.2, 0.25) is 5.02 Å². The fourth-order valence-corrected chi connectivity index (χ4v) is 2.85. The van der Waals surface area contributed by atoms with E-state index in [9.17, 15) is 28.1 Å². The quantitative estimate of drug-likeness (QED) is 0.315. The molecule has 0 unspecified atom stereocenters. The highest BCUT2D eigenvalue weighted by Gasteiger charge is 2.30. The van der Waals surface area contributed by atoms with Crippen LogP contribution in [0.3, 0.4) is 0 Å². The number of carbonyl (C=O) groups is 1. The minimum absolute atomic E-state index is 0.179. The number of nitrogens with zero attached hydrogens (tertiary/aromatic N) is 2. The fraction of sp³-hybridized carbons (Fsp3) is 0.100. The number of hydrazone groups is 1. The molecule has 3 rings (SSSR count). The Labute approximate surface area is 178 Å². The molecule has 0 bridgehead atoms. The summed E-state index contributed by atoms with van der Waals surface area (Å²) in [5, 5.41) is 15.1. The van der Waals surface area contributed by atoms with Gasteiger partial charge in [-0.1, -0.05) is 29.8 Å². The van der Waals surface area contributed by atoms with Crippen molar-refractivity contribution in [1.82, 2.24) is 5.43 Å². The van der Waals surface area contributed by atoms with Gasteiger partial charge in [0.05, 0.1) is 28.7 Å². The van der Waals surface area contributed by atoms with Crippen molar-refractivity contribution in [3.05, 3.63) is 86.6 Å². The highest BCUT2D eigenvalue weighted by Crippen LogP contribution is 2.33. The van der Waals surface area contributed by atoms with Crippen molar-refractivity contribution in [3.8, 4) is 11.3 Å². The molecule has 0 spiro atoms. The van der Waals surface area contributed by atoms with Crippen molar-refractivity contribution in [1.29, 1.82) is 0 Å². The lowest BCUT2D eigenvalue weighted by atomic mass is 10.1. The summed E-state index contributed by atoms with van der Waals surface area (Å²) < 4.78 is 43.7. The topological polar surface area (TPSA) is 97.7 Å². The predicted octanol–water partition coefficient (Wildman–Crippen LogP) is 5.22. The first-order valence-electron chi connectivity index (χ1n) is 8.65. The summed E-state index contributed by atoms with van der Waals surface area (Å²) >= 11 is 5.79. The second-order valence-electron chi connectivity index (χ2n) is 6.29. The normalized spacial score (nSPS) is 11.6. The Kier molecular flexibility index (Phi) is 6.40. The number of rotatable bonds is 6. The van der Waals surface area contributed by atoms with E-state index in [0.717, 1.165) is 18.3 Å². The molecule has 3 aromatic rings. The summed E-state index contributed by atoms with van der Waals surface area (Å²) in [6, 6.07) is 11.5. The molecule has 0 aliphatic heterocycles. The Morgan fingerprint density at radius 3 is 2.68 bits per heavy atom. The fourth-order valence-electron chi connectivity index (χ4n) is 2.68. The zero-order chi connectivity index (χ0) is 22.6. The van der Waals surface area contributed by atoms with E-state index in [4.69, 9.17) is 16.0 Å². The smallest absolute Gasteiger partial charge is 0.416 e. The van der Waals surface area contributed by atoms with Gasteiger partial charge in [0.1, 0.15) is 11.5 Å². The first-order valence-corrected chi connectivity index (χ1v) is 9.03. The lowest BCUT2D eigenvalue weighted by molar-refractivity contribution is -0.384. The van der Waals surface area contributed by atoms with Gasteiger partial charge in [-0.3, -0.25) is 14.9 Å². The number of nitro benzene ring substituents is 1. The van der Waals surface area contributed by atoms with Crippen molar-refractivity contribution in [2.24, 2.45) is 5.10 Å². The predicted molar refractivity (Wildman–Crippen MR) is 107 cm³/mol. The SMILES string of the molecule is O=C(Cc1cccc(C(F)(F)F)c1)N/N=C\c1ccc(-c2ccc(Cl)cc2[N+](=O)[O-])o1. The highest BCUT2D eigenvalue weighted by molar-refractivity contribution is 6.30. The molecule has 0 fully saturated rings. The maximum atomic E-state index is 12.7. The monoisotopic (exact) mass is 451 g/mol. The lowest BCUT2D eigenvalue weighted by Gasteiger charge is -2.08. The Balaban J connectivity index is 1.65. The van der Waals surface area contributed by atoms with Gasteiger partial charge in [-0.15, -0.1) is 0 Å². The van der Waals surface area contributed by atoms with Gasteiger partial charge in [-0.2, -0.15) is 18.3 Å². The average Bonchev–Trinajstić information content (AvgIpc) is 3.16. The number of hydrogen-bond donors (Lipinski definition) is 1.